The van der Waals surface area contributed by atoms with Crippen molar-refractivity contribution in [3.63, 3.8) is 0 Å². The van der Waals surface area contributed by atoms with Gasteiger partial charge in [-0.05, 0) is 24.5 Å². The Morgan fingerprint density at radius 2 is 2.00 bits per heavy atom. The highest BCUT2D eigenvalue weighted by Crippen LogP contribution is 2.16. The van der Waals surface area contributed by atoms with E-state index in [1.165, 1.54) is 0 Å². The lowest BCUT2D eigenvalue weighted by atomic mass is 10.1. The summed E-state index contributed by atoms with van der Waals surface area (Å²) < 4.78 is 0. The molecule has 0 saturated carbocycles. The van der Waals surface area contributed by atoms with Crippen LogP contribution in [0.2, 0.25) is 0 Å². The number of benzene rings is 1. The van der Waals surface area contributed by atoms with Crippen molar-refractivity contribution in [3.8, 4) is 0 Å². The second-order valence-electron chi connectivity index (χ2n) is 5.64. The average molecular weight is 313 g/mol. The normalized spacial score (nSPS) is 17.9. The molecular formula is C16H19N5O2. The predicted octanol–water partition coefficient (Wildman–Crippen LogP) is 2.14. The quantitative estimate of drug-likeness (QED) is 0.672. The van der Waals surface area contributed by atoms with E-state index in [9.17, 15) is 10.1 Å². The molecule has 0 amide bonds. The van der Waals surface area contributed by atoms with Crippen molar-refractivity contribution in [2.75, 3.05) is 18.0 Å². The molecule has 1 saturated heterocycles. The number of nitro groups is 1. The molecule has 0 aliphatic carbocycles. The number of nitrogens with zero attached hydrogens (tertiary/aromatic N) is 4. The number of aromatic nitrogens is 2. The maximum Gasteiger partial charge on any atom is 0.269 e. The van der Waals surface area contributed by atoms with Gasteiger partial charge in [-0.15, -0.1) is 0 Å². The van der Waals surface area contributed by atoms with Crippen molar-refractivity contribution in [1.29, 1.82) is 0 Å². The predicted molar refractivity (Wildman–Crippen MR) is 87.2 cm³/mol. The van der Waals surface area contributed by atoms with Gasteiger partial charge in [0.2, 0.25) is 5.95 Å². The molecule has 1 fully saturated rings. The van der Waals surface area contributed by atoms with E-state index in [4.69, 9.17) is 0 Å². The van der Waals surface area contributed by atoms with E-state index < -0.39 is 0 Å². The molecule has 1 aromatic carbocycles. The molecule has 23 heavy (non-hydrogen) atoms. The molecule has 7 heteroatoms. The first kappa shape index (κ1) is 15.4. The first-order valence-electron chi connectivity index (χ1n) is 7.71. The van der Waals surface area contributed by atoms with Crippen LogP contribution in [0.1, 0.15) is 18.4 Å². The summed E-state index contributed by atoms with van der Waals surface area (Å²) >= 11 is 0. The Hall–Kier alpha value is -2.54. The molecule has 0 spiro atoms. The lowest BCUT2D eigenvalue weighted by molar-refractivity contribution is -0.384. The third kappa shape index (κ3) is 4.01. The fourth-order valence-corrected chi connectivity index (χ4v) is 2.78. The van der Waals surface area contributed by atoms with Crippen LogP contribution in [0.5, 0.6) is 0 Å². The zero-order valence-corrected chi connectivity index (χ0v) is 12.8. The van der Waals surface area contributed by atoms with Gasteiger partial charge < -0.3 is 10.2 Å². The van der Waals surface area contributed by atoms with E-state index in [1.807, 2.05) is 6.07 Å². The van der Waals surface area contributed by atoms with Gasteiger partial charge in [0.25, 0.3) is 5.69 Å². The largest absolute Gasteiger partial charge is 0.339 e. The van der Waals surface area contributed by atoms with Gasteiger partial charge in [0, 0.05) is 50.2 Å². The standard InChI is InChI=1S/C16H19N5O2/c22-21(23)15-6-4-13(5-7-15)11-19-14-3-1-10-20(12-14)16-17-8-2-9-18-16/h2,4-9,14,19H,1,3,10-12H2. The highest BCUT2D eigenvalue weighted by atomic mass is 16.6. The van der Waals surface area contributed by atoms with Gasteiger partial charge >= 0.3 is 0 Å². The Bertz CT molecular complexity index is 647. The van der Waals surface area contributed by atoms with Crippen LogP contribution >= 0.6 is 0 Å². The van der Waals surface area contributed by atoms with Crippen molar-refractivity contribution in [3.05, 3.63) is 58.4 Å². The molecule has 3 rings (SSSR count). The van der Waals surface area contributed by atoms with Crippen molar-refractivity contribution in [2.45, 2.75) is 25.4 Å². The summed E-state index contributed by atoms with van der Waals surface area (Å²) in [4.78, 5) is 21.1. The SMILES string of the molecule is O=[N+]([O-])c1ccc(CNC2CCCN(c3ncccn3)C2)cc1. The fourth-order valence-electron chi connectivity index (χ4n) is 2.78. The van der Waals surface area contributed by atoms with Crippen LogP contribution in [0.15, 0.2) is 42.7 Å². The molecule has 1 N–H and O–H groups in total. The Kier molecular flexibility index (Phi) is 4.77. The number of hydrogen-bond acceptors (Lipinski definition) is 6. The average Bonchev–Trinajstić information content (AvgIpc) is 2.61. The van der Waals surface area contributed by atoms with E-state index in [0.717, 1.165) is 37.4 Å². The second-order valence-corrected chi connectivity index (χ2v) is 5.64. The third-order valence-corrected chi connectivity index (χ3v) is 4.00. The lowest BCUT2D eigenvalue weighted by Crippen LogP contribution is -2.46. The number of non-ortho nitro benzene ring substituents is 1. The van der Waals surface area contributed by atoms with Crippen LogP contribution in [0, 0.1) is 10.1 Å². The van der Waals surface area contributed by atoms with Crippen LogP contribution in [0.25, 0.3) is 0 Å². The van der Waals surface area contributed by atoms with Crippen molar-refractivity contribution in [1.82, 2.24) is 15.3 Å². The minimum Gasteiger partial charge on any atom is -0.339 e. The zero-order chi connectivity index (χ0) is 16.1. The highest BCUT2D eigenvalue weighted by Gasteiger charge is 2.21. The summed E-state index contributed by atoms with van der Waals surface area (Å²) in [5.41, 5.74) is 1.17. The number of nitro benzene ring substituents is 1. The maximum atomic E-state index is 10.7. The third-order valence-electron chi connectivity index (χ3n) is 4.00. The Morgan fingerprint density at radius 1 is 1.26 bits per heavy atom. The zero-order valence-electron chi connectivity index (χ0n) is 12.8. The summed E-state index contributed by atoms with van der Waals surface area (Å²) in [5.74, 6) is 0.773. The molecule has 1 aromatic heterocycles. The first-order chi connectivity index (χ1) is 11.2. The minimum absolute atomic E-state index is 0.124. The highest BCUT2D eigenvalue weighted by molar-refractivity contribution is 5.33. The Morgan fingerprint density at radius 3 is 2.70 bits per heavy atom. The molecule has 2 heterocycles. The van der Waals surface area contributed by atoms with Gasteiger partial charge in [0.05, 0.1) is 4.92 Å². The van der Waals surface area contributed by atoms with Gasteiger partial charge in [-0.2, -0.15) is 0 Å². The lowest BCUT2D eigenvalue weighted by Gasteiger charge is -2.33. The topological polar surface area (TPSA) is 84.2 Å². The summed E-state index contributed by atoms with van der Waals surface area (Å²) in [5, 5.41) is 14.2. The molecule has 0 bridgehead atoms. The summed E-state index contributed by atoms with van der Waals surface area (Å²) in [6.07, 6.45) is 5.72. The van der Waals surface area contributed by atoms with Crippen molar-refractivity contribution >= 4 is 11.6 Å². The van der Waals surface area contributed by atoms with Gasteiger partial charge in [0.1, 0.15) is 0 Å². The van der Waals surface area contributed by atoms with Crippen LogP contribution < -0.4 is 10.2 Å². The maximum absolute atomic E-state index is 10.7. The molecule has 2 aromatic rings. The fraction of sp³-hybridized carbons (Fsp3) is 0.375. The van der Waals surface area contributed by atoms with Crippen LogP contribution in [0.3, 0.4) is 0 Å². The van der Waals surface area contributed by atoms with Gasteiger partial charge in [-0.3, -0.25) is 10.1 Å². The molecule has 1 aliphatic rings. The minimum atomic E-state index is -0.379. The van der Waals surface area contributed by atoms with Gasteiger partial charge in [0.15, 0.2) is 0 Å². The molecule has 7 nitrogen and oxygen atoms in total. The van der Waals surface area contributed by atoms with Crippen LogP contribution in [-0.2, 0) is 6.54 Å². The summed E-state index contributed by atoms with van der Waals surface area (Å²) in [6.45, 7) is 2.54. The van der Waals surface area contributed by atoms with Crippen molar-refractivity contribution in [2.24, 2.45) is 0 Å². The van der Waals surface area contributed by atoms with E-state index in [1.54, 1.807) is 36.7 Å². The summed E-state index contributed by atoms with van der Waals surface area (Å²) in [7, 11) is 0. The van der Waals surface area contributed by atoms with E-state index in [-0.39, 0.29) is 10.6 Å². The Labute approximate surface area is 134 Å². The van der Waals surface area contributed by atoms with Crippen LogP contribution in [-0.4, -0.2) is 34.0 Å². The molecule has 1 aliphatic heterocycles. The smallest absolute Gasteiger partial charge is 0.269 e. The van der Waals surface area contributed by atoms with Crippen molar-refractivity contribution < 1.29 is 4.92 Å². The molecule has 1 unspecified atom stereocenters. The second kappa shape index (κ2) is 7.15. The molecule has 1 atom stereocenters. The monoisotopic (exact) mass is 313 g/mol. The number of rotatable bonds is 5. The number of piperidine rings is 1. The number of anilines is 1. The van der Waals surface area contributed by atoms with Crippen LogP contribution in [0.4, 0.5) is 11.6 Å². The summed E-state index contributed by atoms with van der Waals surface area (Å²) in [6, 6.07) is 8.86. The first-order valence-corrected chi connectivity index (χ1v) is 7.71. The Balaban J connectivity index is 1.54. The van der Waals surface area contributed by atoms with E-state index in [0.29, 0.717) is 12.6 Å². The van der Waals surface area contributed by atoms with Gasteiger partial charge in [-0.25, -0.2) is 9.97 Å². The van der Waals surface area contributed by atoms with E-state index in [2.05, 4.69) is 20.2 Å². The van der Waals surface area contributed by atoms with E-state index >= 15 is 0 Å². The molecular weight excluding hydrogens is 294 g/mol. The molecule has 0 radical (unpaired) electrons. The number of hydrogen-bond donors (Lipinski definition) is 1. The van der Waals surface area contributed by atoms with Gasteiger partial charge in [-0.1, -0.05) is 12.1 Å². The molecule has 120 valence electrons. The number of nitrogens with one attached hydrogen (secondary N) is 1.